The third-order valence-corrected chi connectivity index (χ3v) is 4.42. The van der Waals surface area contributed by atoms with E-state index in [9.17, 15) is 9.59 Å². The standard InChI is InChI=1S/C17H18ClNO3/c1-9-5-6-13(11(3)10(9)2)17(22)16-14(18)7-12(19(16)4)8-15(20)21/h5-7H,8H2,1-4H3,(H,20,21). The number of carbonyl (C=O) groups is 2. The maximum atomic E-state index is 12.8. The molecule has 1 heterocycles. The van der Waals surface area contributed by atoms with Crippen LogP contribution in [0, 0.1) is 20.8 Å². The third kappa shape index (κ3) is 2.79. The van der Waals surface area contributed by atoms with E-state index in [0.717, 1.165) is 16.7 Å². The number of ketones is 1. The van der Waals surface area contributed by atoms with Gasteiger partial charge in [-0.05, 0) is 43.5 Å². The van der Waals surface area contributed by atoms with Crippen LogP contribution < -0.4 is 0 Å². The van der Waals surface area contributed by atoms with Crippen molar-refractivity contribution < 1.29 is 14.7 Å². The molecule has 0 aliphatic rings. The molecular weight excluding hydrogens is 302 g/mol. The lowest BCUT2D eigenvalue weighted by Crippen LogP contribution is -2.13. The van der Waals surface area contributed by atoms with Crippen LogP contribution in [0.3, 0.4) is 0 Å². The normalized spacial score (nSPS) is 10.8. The second-order valence-electron chi connectivity index (χ2n) is 5.47. The van der Waals surface area contributed by atoms with Gasteiger partial charge in [0.25, 0.3) is 0 Å². The van der Waals surface area contributed by atoms with E-state index in [1.54, 1.807) is 23.7 Å². The van der Waals surface area contributed by atoms with Gasteiger partial charge in [-0.3, -0.25) is 9.59 Å². The van der Waals surface area contributed by atoms with Gasteiger partial charge in [0.05, 0.1) is 11.4 Å². The van der Waals surface area contributed by atoms with E-state index >= 15 is 0 Å². The molecule has 0 unspecified atom stereocenters. The van der Waals surface area contributed by atoms with E-state index in [-0.39, 0.29) is 17.2 Å². The molecule has 4 nitrogen and oxygen atoms in total. The Hall–Kier alpha value is -2.07. The first-order chi connectivity index (χ1) is 10.2. The summed E-state index contributed by atoms with van der Waals surface area (Å²) in [6.45, 7) is 5.88. The average molecular weight is 320 g/mol. The molecule has 0 spiro atoms. The molecule has 22 heavy (non-hydrogen) atoms. The zero-order chi connectivity index (χ0) is 16.6. The fourth-order valence-corrected chi connectivity index (χ4v) is 2.87. The van der Waals surface area contributed by atoms with Crippen LogP contribution in [0.1, 0.15) is 38.4 Å². The first-order valence-corrected chi connectivity index (χ1v) is 7.29. The maximum Gasteiger partial charge on any atom is 0.309 e. The first kappa shape index (κ1) is 16.3. The van der Waals surface area contributed by atoms with Crippen LogP contribution in [0.5, 0.6) is 0 Å². The van der Waals surface area contributed by atoms with Crippen LogP contribution in [0.2, 0.25) is 5.02 Å². The van der Waals surface area contributed by atoms with Crippen molar-refractivity contribution in [3.05, 3.63) is 56.9 Å². The largest absolute Gasteiger partial charge is 0.481 e. The number of hydrogen-bond donors (Lipinski definition) is 1. The van der Waals surface area contributed by atoms with Crippen molar-refractivity contribution in [2.24, 2.45) is 7.05 Å². The minimum Gasteiger partial charge on any atom is -0.481 e. The molecule has 0 aliphatic heterocycles. The highest BCUT2D eigenvalue weighted by Crippen LogP contribution is 2.26. The van der Waals surface area contributed by atoms with E-state index < -0.39 is 5.97 Å². The number of aliphatic carboxylic acids is 1. The van der Waals surface area contributed by atoms with Crippen molar-refractivity contribution in [1.29, 1.82) is 0 Å². The van der Waals surface area contributed by atoms with Gasteiger partial charge in [0.15, 0.2) is 0 Å². The summed E-state index contributed by atoms with van der Waals surface area (Å²) in [5, 5.41) is 9.20. The first-order valence-electron chi connectivity index (χ1n) is 6.91. The SMILES string of the molecule is Cc1ccc(C(=O)c2c(Cl)cc(CC(=O)O)n2C)c(C)c1C. The number of carboxylic acid groups (broad SMARTS) is 1. The average Bonchev–Trinajstić information content (AvgIpc) is 2.69. The van der Waals surface area contributed by atoms with Crippen LogP contribution in [0.4, 0.5) is 0 Å². The lowest BCUT2D eigenvalue weighted by molar-refractivity contribution is -0.136. The van der Waals surface area contributed by atoms with Crippen LogP contribution in [-0.4, -0.2) is 21.4 Å². The zero-order valence-electron chi connectivity index (χ0n) is 13.0. The molecule has 0 saturated carbocycles. The van der Waals surface area contributed by atoms with Crippen molar-refractivity contribution in [1.82, 2.24) is 4.57 Å². The topological polar surface area (TPSA) is 59.3 Å². The van der Waals surface area contributed by atoms with Crippen molar-refractivity contribution in [3.8, 4) is 0 Å². The van der Waals surface area contributed by atoms with Gasteiger partial charge in [0, 0.05) is 18.3 Å². The summed E-state index contributed by atoms with van der Waals surface area (Å²) in [5.41, 5.74) is 4.53. The number of carboxylic acids is 1. The Morgan fingerprint density at radius 3 is 2.41 bits per heavy atom. The van der Waals surface area contributed by atoms with Gasteiger partial charge in [-0.2, -0.15) is 0 Å². The Morgan fingerprint density at radius 2 is 1.82 bits per heavy atom. The smallest absolute Gasteiger partial charge is 0.309 e. The quantitative estimate of drug-likeness (QED) is 0.878. The molecule has 0 bridgehead atoms. The second kappa shape index (κ2) is 5.97. The maximum absolute atomic E-state index is 12.8. The highest BCUT2D eigenvalue weighted by atomic mass is 35.5. The van der Waals surface area contributed by atoms with Crippen molar-refractivity contribution in [3.63, 3.8) is 0 Å². The van der Waals surface area contributed by atoms with E-state index in [1.807, 2.05) is 26.8 Å². The molecule has 0 atom stereocenters. The third-order valence-electron chi connectivity index (χ3n) is 4.14. The summed E-state index contributed by atoms with van der Waals surface area (Å²) < 4.78 is 1.56. The van der Waals surface area contributed by atoms with E-state index in [1.165, 1.54) is 0 Å². The molecule has 1 aromatic heterocycles. The molecule has 2 aromatic rings. The fraction of sp³-hybridized carbons (Fsp3) is 0.294. The van der Waals surface area contributed by atoms with Crippen LogP contribution in [0.15, 0.2) is 18.2 Å². The number of aryl methyl sites for hydroxylation is 1. The summed E-state index contributed by atoms with van der Waals surface area (Å²) in [6.07, 6.45) is -0.171. The molecular formula is C17H18ClNO3. The number of rotatable bonds is 4. The number of carbonyl (C=O) groups excluding carboxylic acids is 1. The Kier molecular flexibility index (Phi) is 4.42. The Morgan fingerprint density at radius 1 is 1.18 bits per heavy atom. The van der Waals surface area contributed by atoms with Gasteiger partial charge in [-0.15, -0.1) is 0 Å². The number of hydrogen-bond acceptors (Lipinski definition) is 2. The van der Waals surface area contributed by atoms with E-state index in [0.29, 0.717) is 17.0 Å². The van der Waals surface area contributed by atoms with Gasteiger partial charge >= 0.3 is 5.97 Å². The number of nitrogens with zero attached hydrogens (tertiary/aromatic N) is 1. The Bertz CT molecular complexity index is 775. The van der Waals surface area contributed by atoms with Gasteiger partial charge in [0.1, 0.15) is 5.69 Å². The lowest BCUT2D eigenvalue weighted by atomic mass is 9.95. The molecule has 5 heteroatoms. The van der Waals surface area contributed by atoms with Gasteiger partial charge in [-0.25, -0.2) is 0 Å². The summed E-state index contributed by atoms with van der Waals surface area (Å²) in [5.74, 6) is -1.15. The molecule has 0 fully saturated rings. The van der Waals surface area contributed by atoms with Crippen molar-refractivity contribution in [2.75, 3.05) is 0 Å². The summed E-state index contributed by atoms with van der Waals surface area (Å²) >= 11 is 6.17. The molecule has 1 aromatic carbocycles. The minimum atomic E-state index is -0.960. The molecule has 0 saturated heterocycles. The summed E-state index contributed by atoms with van der Waals surface area (Å²) in [4.78, 5) is 23.7. The van der Waals surface area contributed by atoms with E-state index in [4.69, 9.17) is 16.7 Å². The number of halogens is 1. The van der Waals surface area contributed by atoms with Crippen LogP contribution in [0.25, 0.3) is 0 Å². The van der Waals surface area contributed by atoms with Gasteiger partial charge < -0.3 is 9.67 Å². The molecule has 2 rings (SSSR count). The Balaban J connectivity index is 2.53. The highest BCUT2D eigenvalue weighted by Gasteiger charge is 2.22. The minimum absolute atomic E-state index is 0.171. The highest BCUT2D eigenvalue weighted by molar-refractivity contribution is 6.35. The van der Waals surface area contributed by atoms with Crippen LogP contribution >= 0.6 is 11.6 Å². The van der Waals surface area contributed by atoms with E-state index in [2.05, 4.69) is 0 Å². The predicted octanol–water partition coefficient (Wildman–Crippen LogP) is 3.46. The molecule has 0 amide bonds. The monoisotopic (exact) mass is 319 g/mol. The molecule has 0 aliphatic carbocycles. The van der Waals surface area contributed by atoms with Crippen molar-refractivity contribution in [2.45, 2.75) is 27.2 Å². The fourth-order valence-electron chi connectivity index (χ4n) is 2.53. The van der Waals surface area contributed by atoms with Crippen molar-refractivity contribution >= 4 is 23.4 Å². The molecule has 0 radical (unpaired) electrons. The molecule has 1 N–H and O–H groups in total. The lowest BCUT2D eigenvalue weighted by Gasteiger charge is -2.12. The summed E-state index contributed by atoms with van der Waals surface area (Å²) in [7, 11) is 1.66. The second-order valence-corrected chi connectivity index (χ2v) is 5.88. The molecule has 116 valence electrons. The summed E-state index contributed by atoms with van der Waals surface area (Å²) in [6, 6.07) is 5.24. The van der Waals surface area contributed by atoms with Crippen LogP contribution in [-0.2, 0) is 18.3 Å². The van der Waals surface area contributed by atoms with Gasteiger partial charge in [0.2, 0.25) is 5.78 Å². The number of benzene rings is 1. The predicted molar refractivity (Wildman–Crippen MR) is 85.8 cm³/mol. The Labute approximate surface area is 134 Å². The zero-order valence-corrected chi connectivity index (χ0v) is 13.8. The van der Waals surface area contributed by atoms with Gasteiger partial charge in [-0.1, -0.05) is 23.7 Å². The number of aromatic nitrogens is 1.